The molecule has 0 saturated carbocycles. The lowest BCUT2D eigenvalue weighted by Crippen LogP contribution is -2.45. The molecule has 0 aliphatic carbocycles. The van der Waals surface area contributed by atoms with Crippen molar-refractivity contribution in [2.45, 2.75) is 37.8 Å². The molecule has 3 heteroatoms. The van der Waals surface area contributed by atoms with Crippen LogP contribution < -0.4 is 0 Å². The standard InChI is InChI=1S/C15H20N2O/c16-9-6-14-12-15(18)8-11-17(14)10-7-13-4-2-1-3-5-13/h1-5,14-15,18H,6-8,10-12H2/t14-,15?/m1/s1. The van der Waals surface area contributed by atoms with Crippen molar-refractivity contribution in [1.29, 1.82) is 5.26 Å². The molecule has 1 aromatic carbocycles. The molecule has 1 aromatic rings. The number of aliphatic hydroxyl groups is 1. The van der Waals surface area contributed by atoms with E-state index in [-0.39, 0.29) is 12.1 Å². The molecule has 0 spiro atoms. The second-order valence-corrected chi connectivity index (χ2v) is 4.97. The molecule has 1 N–H and O–H groups in total. The molecule has 2 rings (SSSR count). The molecular formula is C15H20N2O. The normalized spacial score (nSPS) is 24.7. The average molecular weight is 244 g/mol. The highest BCUT2D eigenvalue weighted by molar-refractivity contribution is 5.15. The third-order valence-corrected chi connectivity index (χ3v) is 3.67. The Morgan fingerprint density at radius 2 is 2.11 bits per heavy atom. The Morgan fingerprint density at radius 3 is 2.83 bits per heavy atom. The smallest absolute Gasteiger partial charge is 0.0638 e. The highest BCUT2D eigenvalue weighted by Crippen LogP contribution is 2.20. The van der Waals surface area contributed by atoms with Crippen molar-refractivity contribution in [3.05, 3.63) is 35.9 Å². The zero-order chi connectivity index (χ0) is 12.8. The van der Waals surface area contributed by atoms with Crippen molar-refractivity contribution in [2.24, 2.45) is 0 Å². The van der Waals surface area contributed by atoms with Gasteiger partial charge in [-0.1, -0.05) is 30.3 Å². The predicted octanol–water partition coefficient (Wildman–Crippen LogP) is 1.97. The molecule has 0 aromatic heterocycles. The number of piperidine rings is 1. The van der Waals surface area contributed by atoms with Crippen molar-refractivity contribution in [3.8, 4) is 6.07 Å². The Hall–Kier alpha value is -1.37. The first-order valence-electron chi connectivity index (χ1n) is 6.62. The maximum Gasteiger partial charge on any atom is 0.0638 e. The van der Waals surface area contributed by atoms with E-state index >= 15 is 0 Å². The molecule has 1 aliphatic rings. The Bertz CT molecular complexity index is 399. The van der Waals surface area contributed by atoms with Crippen LogP contribution in [0.1, 0.15) is 24.8 Å². The summed E-state index contributed by atoms with van der Waals surface area (Å²) in [7, 11) is 0. The molecule has 3 nitrogen and oxygen atoms in total. The minimum Gasteiger partial charge on any atom is -0.393 e. The summed E-state index contributed by atoms with van der Waals surface area (Å²) in [5.74, 6) is 0. The Morgan fingerprint density at radius 1 is 1.33 bits per heavy atom. The molecule has 0 radical (unpaired) electrons. The van der Waals surface area contributed by atoms with Gasteiger partial charge in [0.05, 0.1) is 18.6 Å². The fraction of sp³-hybridized carbons (Fsp3) is 0.533. The van der Waals surface area contributed by atoms with Gasteiger partial charge in [0.25, 0.3) is 0 Å². The van der Waals surface area contributed by atoms with Crippen LogP contribution in [0.5, 0.6) is 0 Å². The highest BCUT2D eigenvalue weighted by atomic mass is 16.3. The van der Waals surface area contributed by atoms with Crippen molar-refractivity contribution in [2.75, 3.05) is 13.1 Å². The quantitative estimate of drug-likeness (QED) is 0.881. The monoisotopic (exact) mass is 244 g/mol. The van der Waals surface area contributed by atoms with Crippen LogP contribution in [0.2, 0.25) is 0 Å². The highest BCUT2D eigenvalue weighted by Gasteiger charge is 2.26. The largest absolute Gasteiger partial charge is 0.393 e. The first-order valence-corrected chi connectivity index (χ1v) is 6.62. The summed E-state index contributed by atoms with van der Waals surface area (Å²) in [5, 5.41) is 18.5. The van der Waals surface area contributed by atoms with Crippen LogP contribution in [-0.2, 0) is 6.42 Å². The summed E-state index contributed by atoms with van der Waals surface area (Å²) in [6, 6.07) is 12.9. The number of aliphatic hydroxyl groups excluding tert-OH is 1. The van der Waals surface area contributed by atoms with Crippen molar-refractivity contribution in [1.82, 2.24) is 4.90 Å². The summed E-state index contributed by atoms with van der Waals surface area (Å²) in [4.78, 5) is 2.35. The first-order chi connectivity index (χ1) is 8.79. The Kier molecular flexibility index (Phi) is 4.74. The van der Waals surface area contributed by atoms with Gasteiger partial charge in [0.15, 0.2) is 0 Å². The fourth-order valence-electron chi connectivity index (χ4n) is 2.61. The molecule has 1 fully saturated rings. The van der Waals surface area contributed by atoms with Gasteiger partial charge in [0, 0.05) is 19.1 Å². The van der Waals surface area contributed by atoms with Crippen molar-refractivity contribution in [3.63, 3.8) is 0 Å². The molecule has 2 atom stereocenters. The first kappa shape index (κ1) is 13.1. The van der Waals surface area contributed by atoms with Gasteiger partial charge in [0.1, 0.15) is 0 Å². The zero-order valence-electron chi connectivity index (χ0n) is 10.6. The van der Waals surface area contributed by atoms with Gasteiger partial charge < -0.3 is 5.11 Å². The van der Waals surface area contributed by atoms with Crippen LogP contribution in [-0.4, -0.2) is 35.2 Å². The number of rotatable bonds is 4. The van der Waals surface area contributed by atoms with Crippen molar-refractivity contribution < 1.29 is 5.11 Å². The summed E-state index contributed by atoms with van der Waals surface area (Å²) in [5.41, 5.74) is 1.33. The van der Waals surface area contributed by atoms with E-state index < -0.39 is 0 Å². The molecule has 0 bridgehead atoms. The minimum atomic E-state index is -0.226. The summed E-state index contributed by atoms with van der Waals surface area (Å²) in [6.45, 7) is 1.88. The molecule has 1 heterocycles. The van der Waals surface area contributed by atoms with Crippen LogP contribution in [0.4, 0.5) is 0 Å². The van der Waals surface area contributed by atoms with Gasteiger partial charge in [-0.3, -0.25) is 4.90 Å². The van der Waals surface area contributed by atoms with Crippen LogP contribution in [0.3, 0.4) is 0 Å². The van der Waals surface area contributed by atoms with Crippen LogP contribution in [0, 0.1) is 11.3 Å². The lowest BCUT2D eigenvalue weighted by atomic mass is 9.97. The minimum absolute atomic E-state index is 0.225. The number of nitrogens with zero attached hydrogens (tertiary/aromatic N) is 2. The maximum absolute atomic E-state index is 9.67. The predicted molar refractivity (Wildman–Crippen MR) is 71.0 cm³/mol. The average Bonchev–Trinajstić information content (AvgIpc) is 2.39. The molecule has 1 saturated heterocycles. The van der Waals surface area contributed by atoms with E-state index in [2.05, 4.69) is 35.2 Å². The van der Waals surface area contributed by atoms with Crippen LogP contribution >= 0.6 is 0 Å². The van der Waals surface area contributed by atoms with E-state index in [1.54, 1.807) is 0 Å². The zero-order valence-corrected chi connectivity index (χ0v) is 10.6. The van der Waals surface area contributed by atoms with Gasteiger partial charge in [-0.2, -0.15) is 5.26 Å². The number of nitriles is 1. The molecule has 1 aliphatic heterocycles. The third-order valence-electron chi connectivity index (χ3n) is 3.67. The van der Waals surface area contributed by atoms with Gasteiger partial charge >= 0.3 is 0 Å². The molecule has 0 amide bonds. The van der Waals surface area contributed by atoms with Gasteiger partial charge in [-0.05, 0) is 24.8 Å². The van der Waals surface area contributed by atoms with E-state index in [4.69, 9.17) is 5.26 Å². The third kappa shape index (κ3) is 3.56. The van der Waals surface area contributed by atoms with E-state index in [0.717, 1.165) is 32.4 Å². The van der Waals surface area contributed by atoms with E-state index in [9.17, 15) is 5.11 Å². The molecule has 1 unspecified atom stereocenters. The van der Waals surface area contributed by atoms with Crippen molar-refractivity contribution >= 4 is 0 Å². The van der Waals surface area contributed by atoms with Gasteiger partial charge in [0.2, 0.25) is 0 Å². The van der Waals surface area contributed by atoms with E-state index in [0.29, 0.717) is 6.42 Å². The Balaban J connectivity index is 1.89. The SMILES string of the molecule is N#CC[C@@H]1CC(O)CCN1CCc1ccccc1. The second kappa shape index (κ2) is 6.53. The topological polar surface area (TPSA) is 47.3 Å². The fourth-order valence-corrected chi connectivity index (χ4v) is 2.61. The summed E-state index contributed by atoms with van der Waals surface area (Å²) in [6.07, 6.45) is 2.88. The van der Waals surface area contributed by atoms with E-state index in [1.807, 2.05) is 6.07 Å². The molecular weight excluding hydrogens is 224 g/mol. The number of hydrogen-bond acceptors (Lipinski definition) is 3. The lowest BCUT2D eigenvalue weighted by Gasteiger charge is -2.36. The lowest BCUT2D eigenvalue weighted by molar-refractivity contribution is 0.0438. The van der Waals surface area contributed by atoms with Crippen LogP contribution in [0.25, 0.3) is 0 Å². The second-order valence-electron chi connectivity index (χ2n) is 4.97. The van der Waals surface area contributed by atoms with Gasteiger partial charge in [-0.15, -0.1) is 0 Å². The number of hydrogen-bond donors (Lipinski definition) is 1. The van der Waals surface area contributed by atoms with Crippen LogP contribution in [0.15, 0.2) is 30.3 Å². The van der Waals surface area contributed by atoms with Gasteiger partial charge in [-0.25, -0.2) is 0 Å². The summed E-state index contributed by atoms with van der Waals surface area (Å²) >= 11 is 0. The maximum atomic E-state index is 9.67. The number of likely N-dealkylation sites (tertiary alicyclic amines) is 1. The number of benzene rings is 1. The van der Waals surface area contributed by atoms with E-state index in [1.165, 1.54) is 5.56 Å². The summed E-state index contributed by atoms with van der Waals surface area (Å²) < 4.78 is 0. The molecule has 96 valence electrons. The molecule has 18 heavy (non-hydrogen) atoms. The Labute approximate surface area is 109 Å².